The fourth-order valence-corrected chi connectivity index (χ4v) is 4.22. The number of carboxylic acids is 1. The number of phenolic OH excluding ortho intramolecular Hbond substituents is 4. The third kappa shape index (κ3) is 18.2. The molecule has 0 saturated carbocycles. The molecule has 0 spiro atoms. The molecular formula is C33H50N4O10. The molecule has 262 valence electrons. The number of carbonyl (C=O) groups excluding carboxylic acids is 3. The van der Waals surface area contributed by atoms with Gasteiger partial charge in [-0.3, -0.25) is 19.2 Å². The molecule has 2 aromatic carbocycles. The Morgan fingerprint density at radius 3 is 1.96 bits per heavy atom. The van der Waals surface area contributed by atoms with Crippen LogP contribution in [0.15, 0.2) is 36.4 Å². The molecule has 2 amide bonds. The van der Waals surface area contributed by atoms with Crippen LogP contribution < -0.4 is 16.4 Å². The molecule has 14 heteroatoms. The van der Waals surface area contributed by atoms with Crippen molar-refractivity contribution in [1.82, 2.24) is 15.5 Å². The summed E-state index contributed by atoms with van der Waals surface area (Å²) in [5.74, 6) is -2.29. The quantitative estimate of drug-likeness (QED) is 0.0514. The van der Waals surface area contributed by atoms with Crippen molar-refractivity contribution in [3.8, 4) is 23.0 Å². The third-order valence-corrected chi connectivity index (χ3v) is 7.05. The van der Waals surface area contributed by atoms with Crippen LogP contribution in [-0.2, 0) is 36.8 Å². The van der Waals surface area contributed by atoms with E-state index in [1.54, 1.807) is 12.1 Å². The van der Waals surface area contributed by atoms with E-state index in [1.165, 1.54) is 31.2 Å². The van der Waals surface area contributed by atoms with Gasteiger partial charge >= 0.3 is 5.97 Å². The summed E-state index contributed by atoms with van der Waals surface area (Å²) in [4.78, 5) is 46.1. The molecule has 0 aliphatic rings. The first-order valence-electron chi connectivity index (χ1n) is 15.7. The standard InChI is InChI=1S/C28H42N4O6.C5H8O4/c29-13-3-18-32(28(38)12-8-22-6-10-24(34)26(36)20-22)17-2-1-14-30-15-4-16-31-27(37)11-7-21-5-9-23(33)25(35)19-21;1-4(5(7)8)2-9-3-6/h5-6,9-10,19-20,30,33-36H,1-4,7-8,11-18,29H2,(H,31,37);3-4H,2H2,1H3,(H,7,8). The van der Waals surface area contributed by atoms with Crippen LogP contribution in [0.5, 0.6) is 23.0 Å². The van der Waals surface area contributed by atoms with Gasteiger partial charge in [0.05, 0.1) is 5.92 Å². The van der Waals surface area contributed by atoms with Crippen molar-refractivity contribution in [2.75, 3.05) is 45.9 Å². The number of unbranched alkanes of at least 4 members (excludes halogenated alkanes) is 1. The minimum atomic E-state index is -0.961. The number of hydrogen-bond donors (Lipinski definition) is 8. The molecular weight excluding hydrogens is 612 g/mol. The van der Waals surface area contributed by atoms with Crippen LogP contribution in [-0.4, -0.2) is 101 Å². The van der Waals surface area contributed by atoms with Crippen molar-refractivity contribution in [3.05, 3.63) is 47.5 Å². The highest BCUT2D eigenvalue weighted by Gasteiger charge is 2.14. The van der Waals surface area contributed by atoms with Crippen LogP contribution in [0, 0.1) is 5.92 Å². The molecule has 0 aliphatic heterocycles. The number of aryl methyl sites for hydroxylation is 2. The molecule has 0 heterocycles. The van der Waals surface area contributed by atoms with E-state index >= 15 is 0 Å². The van der Waals surface area contributed by atoms with Crippen LogP contribution in [0.25, 0.3) is 0 Å². The fourth-order valence-electron chi connectivity index (χ4n) is 4.22. The van der Waals surface area contributed by atoms with Crippen molar-refractivity contribution in [1.29, 1.82) is 0 Å². The number of nitrogens with one attached hydrogen (secondary N) is 2. The molecule has 9 N–H and O–H groups in total. The number of nitrogens with two attached hydrogens (primary N) is 1. The van der Waals surface area contributed by atoms with Crippen molar-refractivity contribution in [3.63, 3.8) is 0 Å². The number of carbonyl (C=O) groups is 4. The number of aliphatic carboxylic acids is 1. The number of phenols is 4. The van der Waals surface area contributed by atoms with Gasteiger partial charge in [-0.2, -0.15) is 0 Å². The summed E-state index contributed by atoms with van der Waals surface area (Å²) < 4.78 is 4.20. The highest BCUT2D eigenvalue weighted by molar-refractivity contribution is 5.76. The molecule has 0 saturated heterocycles. The van der Waals surface area contributed by atoms with E-state index in [0.29, 0.717) is 51.9 Å². The maximum Gasteiger partial charge on any atom is 0.309 e. The van der Waals surface area contributed by atoms with Gasteiger partial charge in [0.2, 0.25) is 11.8 Å². The number of nitrogens with zero attached hydrogens (tertiary/aromatic N) is 1. The van der Waals surface area contributed by atoms with Crippen molar-refractivity contribution >= 4 is 24.3 Å². The molecule has 2 aromatic rings. The van der Waals surface area contributed by atoms with Gasteiger partial charge in [0, 0.05) is 32.5 Å². The first-order chi connectivity index (χ1) is 22.5. The summed E-state index contributed by atoms with van der Waals surface area (Å²) >= 11 is 0. The topological polar surface area (TPSA) is 232 Å². The summed E-state index contributed by atoms with van der Waals surface area (Å²) in [6.45, 7) is 5.63. The SMILES string of the molecule is CC(COC=O)C(=O)O.NCCCN(CCCCNCCCNC(=O)CCc1ccc(O)c(O)c1)C(=O)CCc1ccc(O)c(O)c1. The second-order valence-electron chi connectivity index (χ2n) is 11.0. The van der Waals surface area contributed by atoms with E-state index in [4.69, 9.17) is 10.8 Å². The molecule has 47 heavy (non-hydrogen) atoms. The maximum atomic E-state index is 12.7. The molecule has 2 rings (SSSR count). The normalized spacial score (nSPS) is 11.1. The van der Waals surface area contributed by atoms with Crippen LogP contribution in [0.4, 0.5) is 0 Å². The Labute approximate surface area is 275 Å². The minimum absolute atomic E-state index is 0.0527. The van der Waals surface area contributed by atoms with Crippen molar-refractivity contribution in [2.24, 2.45) is 11.7 Å². The van der Waals surface area contributed by atoms with Gasteiger partial charge in [0.15, 0.2) is 23.0 Å². The molecule has 0 radical (unpaired) electrons. The highest BCUT2D eigenvalue weighted by Crippen LogP contribution is 2.26. The molecule has 0 aromatic heterocycles. The maximum absolute atomic E-state index is 12.7. The van der Waals surface area contributed by atoms with E-state index in [1.807, 2.05) is 4.90 Å². The lowest BCUT2D eigenvalue weighted by Gasteiger charge is -2.23. The molecule has 14 nitrogen and oxygen atoms in total. The summed E-state index contributed by atoms with van der Waals surface area (Å²) in [6, 6.07) is 9.17. The monoisotopic (exact) mass is 662 g/mol. The van der Waals surface area contributed by atoms with Gasteiger partial charge in [-0.05, 0) is 100 Å². The number of rotatable bonds is 22. The largest absolute Gasteiger partial charge is 0.504 e. The number of carboxylic acid groups (broad SMARTS) is 1. The average Bonchev–Trinajstić information content (AvgIpc) is 3.05. The predicted octanol–water partition coefficient (Wildman–Crippen LogP) is 2.01. The number of hydrogen-bond acceptors (Lipinski definition) is 11. The van der Waals surface area contributed by atoms with E-state index < -0.39 is 11.9 Å². The van der Waals surface area contributed by atoms with Gasteiger partial charge in [-0.25, -0.2) is 0 Å². The van der Waals surface area contributed by atoms with Gasteiger partial charge in [0.1, 0.15) is 6.61 Å². The minimum Gasteiger partial charge on any atom is -0.504 e. The summed E-state index contributed by atoms with van der Waals surface area (Å²) in [5.41, 5.74) is 7.22. The van der Waals surface area contributed by atoms with Crippen molar-refractivity contribution in [2.45, 2.75) is 58.3 Å². The Hall–Kier alpha value is -4.56. The summed E-state index contributed by atoms with van der Waals surface area (Å²) in [5, 5.41) is 52.4. The summed E-state index contributed by atoms with van der Waals surface area (Å²) in [6.07, 6.45) is 4.96. The molecule has 0 aliphatic carbocycles. The van der Waals surface area contributed by atoms with E-state index in [-0.39, 0.29) is 47.9 Å². The van der Waals surface area contributed by atoms with Crippen LogP contribution >= 0.6 is 0 Å². The van der Waals surface area contributed by atoms with Gasteiger partial charge < -0.3 is 51.5 Å². The van der Waals surface area contributed by atoms with Gasteiger partial charge in [-0.15, -0.1) is 0 Å². The predicted molar refractivity (Wildman–Crippen MR) is 175 cm³/mol. The van der Waals surface area contributed by atoms with Gasteiger partial charge in [0.25, 0.3) is 6.47 Å². The van der Waals surface area contributed by atoms with E-state index in [9.17, 15) is 39.6 Å². The molecule has 1 atom stereocenters. The number of amides is 2. The molecule has 0 bridgehead atoms. The Morgan fingerprint density at radius 1 is 0.830 bits per heavy atom. The zero-order valence-electron chi connectivity index (χ0n) is 27.0. The summed E-state index contributed by atoms with van der Waals surface area (Å²) in [7, 11) is 0. The van der Waals surface area contributed by atoms with E-state index in [2.05, 4.69) is 15.4 Å². The fraction of sp³-hybridized carbons (Fsp3) is 0.515. The Morgan fingerprint density at radius 2 is 1.40 bits per heavy atom. The zero-order valence-corrected chi connectivity index (χ0v) is 27.0. The first-order valence-corrected chi connectivity index (χ1v) is 15.7. The second kappa shape index (κ2) is 23.7. The number of benzene rings is 2. The lowest BCUT2D eigenvalue weighted by Crippen LogP contribution is -2.34. The molecule has 0 fully saturated rings. The molecule has 1 unspecified atom stereocenters. The Kier molecular flexibility index (Phi) is 20.4. The van der Waals surface area contributed by atoms with Crippen LogP contribution in [0.1, 0.15) is 56.6 Å². The average molecular weight is 663 g/mol. The van der Waals surface area contributed by atoms with E-state index in [0.717, 1.165) is 49.9 Å². The van der Waals surface area contributed by atoms with Gasteiger partial charge in [-0.1, -0.05) is 12.1 Å². The Balaban J connectivity index is 0.00000107. The lowest BCUT2D eigenvalue weighted by atomic mass is 10.1. The Bertz CT molecular complexity index is 1240. The smallest absolute Gasteiger partial charge is 0.309 e. The first kappa shape index (κ1) is 40.5. The third-order valence-electron chi connectivity index (χ3n) is 7.05. The highest BCUT2D eigenvalue weighted by atomic mass is 16.5. The number of aromatic hydroxyl groups is 4. The zero-order chi connectivity index (χ0) is 35.0. The number of ether oxygens (including phenoxy) is 1. The van der Waals surface area contributed by atoms with Crippen molar-refractivity contribution < 1.29 is 49.4 Å². The van der Waals surface area contributed by atoms with Crippen LogP contribution in [0.2, 0.25) is 0 Å². The second-order valence-corrected chi connectivity index (χ2v) is 11.0. The van der Waals surface area contributed by atoms with Crippen LogP contribution in [0.3, 0.4) is 0 Å². The lowest BCUT2D eigenvalue weighted by molar-refractivity contribution is -0.144.